The van der Waals surface area contributed by atoms with E-state index in [0.29, 0.717) is 17.9 Å². The number of benzene rings is 2. The molecular weight excluding hydrogens is 478 g/mol. The molecule has 0 radical (unpaired) electrons. The fourth-order valence-electron chi connectivity index (χ4n) is 3.69. The van der Waals surface area contributed by atoms with Crippen molar-refractivity contribution in [1.82, 2.24) is 10.2 Å². The maximum Gasteiger partial charge on any atom is 0.242 e. The van der Waals surface area contributed by atoms with E-state index in [2.05, 4.69) is 5.32 Å². The van der Waals surface area contributed by atoms with E-state index in [1.54, 1.807) is 31.1 Å². The maximum atomic E-state index is 13.3. The lowest BCUT2D eigenvalue weighted by Crippen LogP contribution is -2.49. The Balaban J connectivity index is 2.17. The maximum absolute atomic E-state index is 13.3. The monoisotopic (exact) mass is 517 g/mol. The van der Waals surface area contributed by atoms with Crippen LogP contribution in [0, 0.1) is 6.92 Å². The number of nitrogens with one attached hydrogen (secondary N) is 1. The number of carbonyl (C=O) groups excluding carboxylic acids is 2. The van der Waals surface area contributed by atoms with Crippen LogP contribution in [0.1, 0.15) is 51.2 Å². The number of ether oxygens (including phenoxy) is 1. The molecule has 0 heterocycles. The van der Waals surface area contributed by atoms with Gasteiger partial charge in [-0.25, -0.2) is 8.42 Å². The second-order valence-electron chi connectivity index (χ2n) is 9.14. The fraction of sp³-hybridized carbons (Fsp3) is 0.481. The van der Waals surface area contributed by atoms with Gasteiger partial charge in [-0.1, -0.05) is 36.8 Å². The van der Waals surface area contributed by atoms with E-state index >= 15 is 0 Å². The van der Waals surface area contributed by atoms with E-state index in [9.17, 15) is 18.0 Å². The molecule has 9 heteroatoms. The second kappa shape index (κ2) is 13.3. The van der Waals surface area contributed by atoms with Crippen molar-refractivity contribution in [3.05, 3.63) is 59.7 Å². The third-order valence-corrected chi connectivity index (χ3v) is 7.35. The standard InChI is InChI=1S/C27H39N3O5S/c1-7-21(3)28-27(32)22(4)29(19-23-12-16-25(35-5)17-13-23)26(31)9-8-18-30(36(6,33)34)24-14-10-20(2)11-15-24/h10-17,21-22H,7-9,18-19H2,1-6H3,(H,28,32)/t21-,22+/m0/s1. The molecule has 1 N–H and O–H groups in total. The molecule has 0 spiro atoms. The third kappa shape index (κ3) is 8.55. The van der Waals surface area contributed by atoms with Crippen molar-refractivity contribution in [2.75, 3.05) is 24.2 Å². The SMILES string of the molecule is CC[C@H](C)NC(=O)[C@@H](C)N(Cc1ccc(OC)cc1)C(=O)CCCN(c1ccc(C)cc1)S(C)(=O)=O. The third-order valence-electron chi connectivity index (χ3n) is 6.15. The van der Waals surface area contributed by atoms with Crippen molar-refractivity contribution in [1.29, 1.82) is 0 Å². The average molecular weight is 518 g/mol. The number of aryl methyl sites for hydroxylation is 1. The molecule has 2 rings (SSSR count). The largest absolute Gasteiger partial charge is 0.497 e. The van der Waals surface area contributed by atoms with Gasteiger partial charge in [-0.05, 0) is 63.4 Å². The van der Waals surface area contributed by atoms with Crippen molar-refractivity contribution < 1.29 is 22.7 Å². The van der Waals surface area contributed by atoms with Gasteiger partial charge in [0.2, 0.25) is 21.8 Å². The second-order valence-corrected chi connectivity index (χ2v) is 11.0. The quantitative estimate of drug-likeness (QED) is 0.435. The molecule has 0 saturated heterocycles. The van der Waals surface area contributed by atoms with Crippen LogP contribution in [0.15, 0.2) is 48.5 Å². The van der Waals surface area contributed by atoms with Crippen LogP contribution in [0.3, 0.4) is 0 Å². The van der Waals surface area contributed by atoms with Crippen molar-refractivity contribution in [3.8, 4) is 5.75 Å². The predicted octanol–water partition coefficient (Wildman–Crippen LogP) is 3.88. The number of amides is 2. The minimum atomic E-state index is -3.52. The van der Waals surface area contributed by atoms with Gasteiger partial charge in [-0.3, -0.25) is 13.9 Å². The first kappa shape index (κ1) is 29.2. The highest BCUT2D eigenvalue weighted by molar-refractivity contribution is 7.92. The molecule has 2 aromatic carbocycles. The van der Waals surface area contributed by atoms with Crippen molar-refractivity contribution in [3.63, 3.8) is 0 Å². The summed E-state index contributed by atoms with van der Waals surface area (Å²) in [6.07, 6.45) is 2.37. The Labute approximate surface area is 215 Å². The summed E-state index contributed by atoms with van der Waals surface area (Å²) >= 11 is 0. The Morgan fingerprint density at radius 2 is 1.64 bits per heavy atom. The highest BCUT2D eigenvalue weighted by atomic mass is 32.2. The molecule has 0 unspecified atom stereocenters. The van der Waals surface area contributed by atoms with E-state index in [1.807, 2.05) is 57.2 Å². The molecule has 0 fully saturated rings. The smallest absolute Gasteiger partial charge is 0.242 e. The first-order valence-corrected chi connectivity index (χ1v) is 14.1. The summed E-state index contributed by atoms with van der Waals surface area (Å²) in [5.41, 5.74) is 2.46. The number of hydrogen-bond donors (Lipinski definition) is 1. The van der Waals surface area contributed by atoms with E-state index < -0.39 is 16.1 Å². The van der Waals surface area contributed by atoms with Gasteiger partial charge >= 0.3 is 0 Å². The van der Waals surface area contributed by atoms with E-state index in [4.69, 9.17) is 4.74 Å². The molecule has 0 saturated carbocycles. The van der Waals surface area contributed by atoms with E-state index in [-0.39, 0.29) is 37.4 Å². The number of hydrogen-bond acceptors (Lipinski definition) is 5. The van der Waals surface area contributed by atoms with Crippen LogP contribution >= 0.6 is 0 Å². The summed E-state index contributed by atoms with van der Waals surface area (Å²) in [6, 6.07) is 13.9. The minimum absolute atomic E-state index is 0.00397. The minimum Gasteiger partial charge on any atom is -0.497 e. The van der Waals surface area contributed by atoms with Crippen molar-refractivity contribution >= 4 is 27.5 Å². The summed E-state index contributed by atoms with van der Waals surface area (Å²) in [4.78, 5) is 27.8. The number of anilines is 1. The van der Waals surface area contributed by atoms with Gasteiger partial charge in [0, 0.05) is 25.6 Å². The van der Waals surface area contributed by atoms with Crippen LogP contribution in [-0.4, -0.2) is 57.1 Å². The first-order valence-electron chi connectivity index (χ1n) is 12.2. The number of rotatable bonds is 13. The summed E-state index contributed by atoms with van der Waals surface area (Å²) in [5.74, 6) is 0.273. The molecule has 36 heavy (non-hydrogen) atoms. The van der Waals surface area contributed by atoms with Gasteiger partial charge in [0.05, 0.1) is 19.1 Å². The van der Waals surface area contributed by atoms with Gasteiger partial charge in [0.15, 0.2) is 0 Å². The Hall–Kier alpha value is -3.07. The zero-order chi connectivity index (χ0) is 26.9. The highest BCUT2D eigenvalue weighted by Crippen LogP contribution is 2.20. The highest BCUT2D eigenvalue weighted by Gasteiger charge is 2.27. The van der Waals surface area contributed by atoms with Gasteiger partial charge in [-0.2, -0.15) is 0 Å². The molecule has 2 aromatic rings. The van der Waals surface area contributed by atoms with Gasteiger partial charge in [-0.15, -0.1) is 0 Å². The number of sulfonamides is 1. The lowest BCUT2D eigenvalue weighted by atomic mass is 10.1. The van der Waals surface area contributed by atoms with Crippen molar-refractivity contribution in [2.45, 2.75) is 65.6 Å². The zero-order valence-corrected chi connectivity index (χ0v) is 23.0. The van der Waals surface area contributed by atoms with Crippen molar-refractivity contribution in [2.24, 2.45) is 0 Å². The molecule has 2 atom stereocenters. The molecule has 0 aliphatic heterocycles. The van der Waals surface area contributed by atoms with Gasteiger partial charge in [0.25, 0.3) is 0 Å². The molecule has 0 bridgehead atoms. The van der Waals surface area contributed by atoms with E-state index in [0.717, 1.165) is 23.8 Å². The summed E-state index contributed by atoms with van der Waals surface area (Å²) in [6.45, 7) is 7.98. The summed E-state index contributed by atoms with van der Waals surface area (Å²) < 4.78 is 31.4. The van der Waals surface area contributed by atoms with Gasteiger partial charge in [0.1, 0.15) is 11.8 Å². The normalized spacial score (nSPS) is 12.9. The average Bonchev–Trinajstić information content (AvgIpc) is 2.84. The van der Waals surface area contributed by atoms with Crippen LogP contribution in [-0.2, 0) is 26.2 Å². The zero-order valence-electron chi connectivity index (χ0n) is 22.2. The number of methoxy groups -OCH3 is 1. The molecule has 8 nitrogen and oxygen atoms in total. The molecule has 2 amide bonds. The topological polar surface area (TPSA) is 96.0 Å². The molecule has 0 aliphatic carbocycles. The van der Waals surface area contributed by atoms with Crippen LogP contribution in [0.25, 0.3) is 0 Å². The summed E-state index contributed by atoms with van der Waals surface area (Å²) in [5, 5.41) is 2.95. The predicted molar refractivity (Wildman–Crippen MR) is 144 cm³/mol. The van der Waals surface area contributed by atoms with Crippen LogP contribution in [0.5, 0.6) is 5.75 Å². The molecular formula is C27H39N3O5S. The molecule has 198 valence electrons. The molecule has 0 aliphatic rings. The first-order chi connectivity index (χ1) is 17.0. The lowest BCUT2D eigenvalue weighted by molar-refractivity contribution is -0.140. The molecule has 0 aromatic heterocycles. The Morgan fingerprint density at radius 1 is 1.03 bits per heavy atom. The number of carbonyl (C=O) groups is 2. The Morgan fingerprint density at radius 3 is 2.17 bits per heavy atom. The van der Waals surface area contributed by atoms with Gasteiger partial charge < -0.3 is 15.0 Å². The number of nitrogens with zero attached hydrogens (tertiary/aromatic N) is 2. The lowest BCUT2D eigenvalue weighted by Gasteiger charge is -2.30. The fourth-order valence-corrected chi connectivity index (χ4v) is 4.66. The Kier molecular flexibility index (Phi) is 10.8. The van der Waals surface area contributed by atoms with Crippen LogP contribution in [0.4, 0.5) is 5.69 Å². The summed E-state index contributed by atoms with van der Waals surface area (Å²) in [7, 11) is -1.93. The van der Waals surface area contributed by atoms with Crippen LogP contribution < -0.4 is 14.4 Å². The Bertz CT molecular complexity index is 1100. The van der Waals surface area contributed by atoms with E-state index in [1.165, 1.54) is 4.31 Å². The van der Waals surface area contributed by atoms with Crippen LogP contribution in [0.2, 0.25) is 0 Å².